The Kier molecular flexibility index (Phi) is 6.82. The number of unbranched alkanes of at least 4 members (excludes halogenated alkanes) is 3. The van der Waals surface area contributed by atoms with Crippen LogP contribution in [0.3, 0.4) is 0 Å². The average Bonchev–Trinajstić information content (AvgIpc) is 2.31. The molecule has 0 N–H and O–H groups in total. The maximum Gasteiger partial charge on any atom is 0.150 e. The second-order valence-corrected chi connectivity index (χ2v) is 5.55. The molecule has 94 valence electrons. The predicted molar refractivity (Wildman–Crippen MR) is 76.9 cm³/mol. The number of rotatable bonds is 7. The molecular weight excluding hydrogens is 348 g/mol. The molecule has 1 aromatic rings. The summed E-state index contributed by atoms with van der Waals surface area (Å²) in [6.07, 6.45) is 5.54. The number of aldehydes is 1. The summed E-state index contributed by atoms with van der Waals surface area (Å²) in [6.45, 7) is 2.89. The Hall–Kier alpha value is -0.350. The van der Waals surface area contributed by atoms with E-state index >= 15 is 0 Å². The van der Waals surface area contributed by atoms with Crippen molar-refractivity contribution in [2.75, 3.05) is 6.61 Å². The SMILES string of the molecule is CCCCCCOc1c(Br)cc(C=O)cc1Br. The third kappa shape index (κ3) is 4.80. The van der Waals surface area contributed by atoms with Crippen LogP contribution in [-0.4, -0.2) is 12.9 Å². The lowest BCUT2D eigenvalue weighted by Gasteiger charge is -2.10. The number of hydrogen-bond acceptors (Lipinski definition) is 2. The summed E-state index contributed by atoms with van der Waals surface area (Å²) < 4.78 is 7.32. The Bertz CT molecular complexity index is 355. The van der Waals surface area contributed by atoms with Crippen molar-refractivity contribution in [1.29, 1.82) is 0 Å². The van der Waals surface area contributed by atoms with E-state index in [2.05, 4.69) is 38.8 Å². The number of ether oxygens (including phenoxy) is 1. The maximum absolute atomic E-state index is 10.7. The van der Waals surface area contributed by atoms with Gasteiger partial charge in [-0.2, -0.15) is 0 Å². The van der Waals surface area contributed by atoms with Crippen molar-refractivity contribution in [2.45, 2.75) is 32.6 Å². The molecule has 0 aromatic heterocycles. The van der Waals surface area contributed by atoms with Crippen molar-refractivity contribution in [1.82, 2.24) is 0 Å². The van der Waals surface area contributed by atoms with Gasteiger partial charge in [0.2, 0.25) is 0 Å². The first-order chi connectivity index (χ1) is 8.19. The number of hydrogen-bond donors (Lipinski definition) is 0. The Morgan fingerprint density at radius 3 is 2.35 bits per heavy atom. The highest BCUT2D eigenvalue weighted by Crippen LogP contribution is 2.34. The lowest BCUT2D eigenvalue weighted by Crippen LogP contribution is -1.99. The van der Waals surface area contributed by atoms with Gasteiger partial charge in [0.05, 0.1) is 15.6 Å². The van der Waals surface area contributed by atoms with E-state index in [-0.39, 0.29) is 0 Å². The molecule has 2 nitrogen and oxygen atoms in total. The minimum Gasteiger partial charge on any atom is -0.491 e. The van der Waals surface area contributed by atoms with Gasteiger partial charge in [-0.05, 0) is 50.4 Å². The van der Waals surface area contributed by atoms with E-state index in [1.165, 1.54) is 19.3 Å². The third-order valence-electron chi connectivity index (χ3n) is 2.40. The monoisotopic (exact) mass is 362 g/mol. The first kappa shape index (κ1) is 14.7. The van der Waals surface area contributed by atoms with Gasteiger partial charge in [-0.25, -0.2) is 0 Å². The molecule has 0 aliphatic rings. The zero-order valence-corrected chi connectivity index (χ0v) is 13.0. The molecule has 0 unspecified atom stereocenters. The molecule has 17 heavy (non-hydrogen) atoms. The highest BCUT2D eigenvalue weighted by atomic mass is 79.9. The molecule has 0 atom stereocenters. The molecule has 0 spiro atoms. The predicted octanol–water partition coefficient (Wildman–Crippen LogP) is 4.98. The standard InChI is InChI=1S/C13H16Br2O2/c1-2-3-4-5-6-17-13-11(14)7-10(9-16)8-12(13)15/h7-9H,2-6H2,1H3. The molecule has 4 heteroatoms. The highest BCUT2D eigenvalue weighted by Gasteiger charge is 2.08. The molecule has 1 aromatic carbocycles. The van der Waals surface area contributed by atoms with Crippen molar-refractivity contribution < 1.29 is 9.53 Å². The summed E-state index contributed by atoms with van der Waals surface area (Å²) >= 11 is 6.82. The summed E-state index contributed by atoms with van der Waals surface area (Å²) in [5.74, 6) is 0.770. The molecular formula is C13H16Br2O2. The minimum atomic E-state index is 0.627. The van der Waals surface area contributed by atoms with E-state index in [1.807, 2.05) is 0 Å². The first-order valence-electron chi connectivity index (χ1n) is 5.76. The van der Waals surface area contributed by atoms with Crippen molar-refractivity contribution in [2.24, 2.45) is 0 Å². The molecule has 0 amide bonds. The van der Waals surface area contributed by atoms with Crippen LogP contribution in [0.2, 0.25) is 0 Å². The summed E-state index contributed by atoms with van der Waals surface area (Å²) in [5.41, 5.74) is 0.627. The van der Waals surface area contributed by atoms with Gasteiger partial charge >= 0.3 is 0 Å². The second kappa shape index (κ2) is 7.88. The highest BCUT2D eigenvalue weighted by molar-refractivity contribution is 9.11. The van der Waals surface area contributed by atoms with Gasteiger partial charge < -0.3 is 4.74 Å². The summed E-state index contributed by atoms with van der Waals surface area (Å²) in [4.78, 5) is 10.7. The van der Waals surface area contributed by atoms with Gasteiger partial charge in [0, 0.05) is 5.56 Å². The van der Waals surface area contributed by atoms with E-state index in [0.29, 0.717) is 12.2 Å². The van der Waals surface area contributed by atoms with Crippen LogP contribution in [0.4, 0.5) is 0 Å². The summed E-state index contributed by atoms with van der Waals surface area (Å²) in [5, 5.41) is 0. The van der Waals surface area contributed by atoms with Crippen LogP contribution >= 0.6 is 31.9 Å². The largest absolute Gasteiger partial charge is 0.491 e. The lowest BCUT2D eigenvalue weighted by atomic mass is 10.2. The van der Waals surface area contributed by atoms with Crippen molar-refractivity contribution in [3.63, 3.8) is 0 Å². The Balaban J connectivity index is 2.56. The number of carbonyl (C=O) groups is 1. The van der Waals surface area contributed by atoms with Crippen LogP contribution in [0.1, 0.15) is 43.0 Å². The quantitative estimate of drug-likeness (QED) is 0.504. The number of benzene rings is 1. The fourth-order valence-corrected chi connectivity index (χ4v) is 2.94. The van der Waals surface area contributed by atoms with Gasteiger partial charge in [-0.3, -0.25) is 4.79 Å². The molecule has 0 heterocycles. The third-order valence-corrected chi connectivity index (χ3v) is 3.58. The van der Waals surface area contributed by atoms with Crippen molar-refractivity contribution in [3.8, 4) is 5.75 Å². The van der Waals surface area contributed by atoms with Gasteiger partial charge in [0.15, 0.2) is 0 Å². The minimum absolute atomic E-state index is 0.627. The van der Waals surface area contributed by atoms with Crippen molar-refractivity contribution >= 4 is 38.1 Å². The molecule has 0 saturated carbocycles. The Morgan fingerprint density at radius 2 is 1.82 bits per heavy atom. The van der Waals surface area contributed by atoms with E-state index < -0.39 is 0 Å². The van der Waals surface area contributed by atoms with Crippen LogP contribution in [0.25, 0.3) is 0 Å². The van der Waals surface area contributed by atoms with Crippen LogP contribution in [0.5, 0.6) is 5.75 Å². The topological polar surface area (TPSA) is 26.3 Å². The Morgan fingerprint density at radius 1 is 1.18 bits per heavy atom. The van der Waals surface area contributed by atoms with E-state index in [1.54, 1.807) is 12.1 Å². The zero-order chi connectivity index (χ0) is 12.7. The van der Waals surface area contributed by atoms with Crippen LogP contribution in [0, 0.1) is 0 Å². The van der Waals surface area contributed by atoms with Crippen LogP contribution < -0.4 is 4.74 Å². The van der Waals surface area contributed by atoms with E-state index in [0.717, 1.165) is 27.4 Å². The molecule has 0 aliphatic carbocycles. The van der Waals surface area contributed by atoms with Crippen LogP contribution in [0.15, 0.2) is 21.1 Å². The molecule has 0 bridgehead atoms. The zero-order valence-electron chi connectivity index (χ0n) is 9.84. The second-order valence-electron chi connectivity index (χ2n) is 3.84. The fraction of sp³-hybridized carbons (Fsp3) is 0.462. The molecule has 0 radical (unpaired) electrons. The number of carbonyl (C=O) groups excluding carboxylic acids is 1. The van der Waals surface area contributed by atoms with E-state index in [4.69, 9.17) is 4.74 Å². The average molecular weight is 364 g/mol. The fourth-order valence-electron chi connectivity index (χ4n) is 1.49. The smallest absolute Gasteiger partial charge is 0.150 e. The molecule has 0 aliphatic heterocycles. The molecule has 0 saturated heterocycles. The molecule has 0 fully saturated rings. The normalized spacial score (nSPS) is 10.3. The number of halogens is 2. The van der Waals surface area contributed by atoms with Crippen LogP contribution in [-0.2, 0) is 0 Å². The summed E-state index contributed by atoms with van der Waals surface area (Å²) in [7, 11) is 0. The van der Waals surface area contributed by atoms with Gasteiger partial charge in [-0.15, -0.1) is 0 Å². The first-order valence-corrected chi connectivity index (χ1v) is 7.34. The molecule has 1 rings (SSSR count). The summed E-state index contributed by atoms with van der Waals surface area (Å²) in [6, 6.07) is 3.53. The lowest BCUT2D eigenvalue weighted by molar-refractivity contribution is 0.112. The Labute approximate surface area is 119 Å². The van der Waals surface area contributed by atoms with E-state index in [9.17, 15) is 4.79 Å². The van der Waals surface area contributed by atoms with Gasteiger partial charge in [0.25, 0.3) is 0 Å². The van der Waals surface area contributed by atoms with Gasteiger partial charge in [0.1, 0.15) is 12.0 Å². The van der Waals surface area contributed by atoms with Gasteiger partial charge in [-0.1, -0.05) is 26.2 Å². The van der Waals surface area contributed by atoms with Crippen molar-refractivity contribution in [3.05, 3.63) is 26.6 Å². The maximum atomic E-state index is 10.7.